The first-order valence-electron chi connectivity index (χ1n) is 8.63. The zero-order valence-corrected chi connectivity index (χ0v) is 14.8. The van der Waals surface area contributed by atoms with Gasteiger partial charge in [0.1, 0.15) is 0 Å². The number of rotatable bonds is 7. The second-order valence-corrected chi connectivity index (χ2v) is 7.56. The number of nitrogens with two attached hydrogens (primary N) is 1. The summed E-state index contributed by atoms with van der Waals surface area (Å²) in [4.78, 5) is 0. The number of hydrogen-bond donors (Lipinski definition) is 1. The van der Waals surface area contributed by atoms with Crippen molar-refractivity contribution in [1.29, 1.82) is 0 Å². The summed E-state index contributed by atoms with van der Waals surface area (Å²) in [7, 11) is 0. The molecule has 2 atom stereocenters. The third-order valence-corrected chi connectivity index (χ3v) is 4.89. The molecule has 0 aromatic rings. The monoisotopic (exact) mass is 289 g/mol. The molecule has 0 amide bonds. The smallest absolute Gasteiger partial charge is 0.0100 e. The Labute approximate surface area is 132 Å². The summed E-state index contributed by atoms with van der Waals surface area (Å²) >= 11 is 0. The lowest BCUT2D eigenvalue weighted by molar-refractivity contribution is 0.376. The fourth-order valence-corrected chi connectivity index (χ4v) is 3.41. The Kier molecular flexibility index (Phi) is 7.28. The van der Waals surface area contributed by atoms with Crippen LogP contribution in [0.15, 0.2) is 35.6 Å². The van der Waals surface area contributed by atoms with Crippen LogP contribution in [0.2, 0.25) is 0 Å². The van der Waals surface area contributed by atoms with Crippen molar-refractivity contribution in [3.05, 3.63) is 35.6 Å². The topological polar surface area (TPSA) is 26.0 Å². The standard InChI is InChI=1S/C20H35N/c1-16(8-6-9-17(2)13-15-21)11-12-19-18(3)10-7-14-20(19,4)5/h11-13,15-17H,6-10,14,21H2,1-5H3/b12-11+,15-13+. The molecule has 0 heterocycles. The van der Waals surface area contributed by atoms with Gasteiger partial charge in [-0.15, -0.1) is 0 Å². The summed E-state index contributed by atoms with van der Waals surface area (Å²) in [6, 6.07) is 0. The van der Waals surface area contributed by atoms with Gasteiger partial charge >= 0.3 is 0 Å². The summed E-state index contributed by atoms with van der Waals surface area (Å²) in [5, 5.41) is 0. The fourth-order valence-electron chi connectivity index (χ4n) is 3.41. The quantitative estimate of drug-likeness (QED) is 0.612. The fraction of sp³-hybridized carbons (Fsp3) is 0.700. The van der Waals surface area contributed by atoms with Crippen molar-refractivity contribution in [2.45, 2.75) is 73.1 Å². The molecule has 1 heteroatoms. The highest BCUT2D eigenvalue weighted by atomic mass is 14.5. The summed E-state index contributed by atoms with van der Waals surface area (Å²) in [6.45, 7) is 11.7. The van der Waals surface area contributed by atoms with E-state index in [0.29, 0.717) is 17.3 Å². The van der Waals surface area contributed by atoms with Crippen molar-refractivity contribution in [1.82, 2.24) is 0 Å². The maximum Gasteiger partial charge on any atom is -0.0100 e. The molecule has 0 radical (unpaired) electrons. The lowest BCUT2D eigenvalue weighted by Crippen LogP contribution is -2.19. The van der Waals surface area contributed by atoms with Crippen molar-refractivity contribution >= 4 is 0 Å². The summed E-state index contributed by atoms with van der Waals surface area (Å²) in [6.07, 6.45) is 16.3. The van der Waals surface area contributed by atoms with Gasteiger partial charge < -0.3 is 5.73 Å². The van der Waals surface area contributed by atoms with Gasteiger partial charge in [-0.2, -0.15) is 0 Å². The van der Waals surface area contributed by atoms with Crippen LogP contribution < -0.4 is 5.73 Å². The normalized spacial score (nSPS) is 22.1. The maximum atomic E-state index is 5.43. The van der Waals surface area contributed by atoms with Crippen LogP contribution in [0.4, 0.5) is 0 Å². The minimum Gasteiger partial charge on any atom is -0.405 e. The lowest BCUT2D eigenvalue weighted by atomic mass is 9.72. The van der Waals surface area contributed by atoms with Crippen molar-refractivity contribution in [2.75, 3.05) is 0 Å². The molecule has 0 bridgehead atoms. The van der Waals surface area contributed by atoms with Crippen LogP contribution in [0.25, 0.3) is 0 Å². The van der Waals surface area contributed by atoms with Crippen LogP contribution in [-0.4, -0.2) is 0 Å². The van der Waals surface area contributed by atoms with Gasteiger partial charge in [0.15, 0.2) is 0 Å². The van der Waals surface area contributed by atoms with Crippen molar-refractivity contribution in [2.24, 2.45) is 23.0 Å². The van der Waals surface area contributed by atoms with Crippen molar-refractivity contribution < 1.29 is 0 Å². The molecular formula is C20H35N. The zero-order chi connectivity index (χ0) is 15.9. The van der Waals surface area contributed by atoms with Crippen LogP contribution in [0.5, 0.6) is 0 Å². The van der Waals surface area contributed by atoms with Gasteiger partial charge in [0.05, 0.1) is 0 Å². The average Bonchev–Trinajstić information content (AvgIpc) is 2.37. The van der Waals surface area contributed by atoms with Gasteiger partial charge in [-0.25, -0.2) is 0 Å². The average molecular weight is 290 g/mol. The van der Waals surface area contributed by atoms with E-state index in [4.69, 9.17) is 5.73 Å². The largest absolute Gasteiger partial charge is 0.405 e. The molecule has 1 aliphatic rings. The minimum absolute atomic E-state index is 0.360. The molecule has 0 saturated carbocycles. The molecule has 0 aromatic carbocycles. The van der Waals surface area contributed by atoms with Gasteiger partial charge in [0.2, 0.25) is 0 Å². The SMILES string of the molecule is CC1=C(/C=C/C(C)CCCC(C)/C=C/N)C(C)(C)CCC1. The molecule has 21 heavy (non-hydrogen) atoms. The van der Waals surface area contributed by atoms with Gasteiger partial charge in [0, 0.05) is 0 Å². The Hall–Kier alpha value is -0.980. The Bertz CT molecular complexity index is 398. The first-order valence-corrected chi connectivity index (χ1v) is 8.63. The van der Waals surface area contributed by atoms with Crippen LogP contribution in [0.1, 0.15) is 73.1 Å². The highest BCUT2D eigenvalue weighted by Gasteiger charge is 2.26. The summed E-state index contributed by atoms with van der Waals surface area (Å²) in [5.41, 5.74) is 8.97. The highest BCUT2D eigenvalue weighted by Crippen LogP contribution is 2.40. The Morgan fingerprint density at radius 1 is 1.14 bits per heavy atom. The van der Waals surface area contributed by atoms with E-state index in [1.165, 1.54) is 38.5 Å². The van der Waals surface area contributed by atoms with Gasteiger partial charge in [0.25, 0.3) is 0 Å². The number of allylic oxidation sites excluding steroid dienone is 5. The van der Waals surface area contributed by atoms with E-state index in [1.54, 1.807) is 17.3 Å². The predicted molar refractivity (Wildman–Crippen MR) is 95.0 cm³/mol. The lowest BCUT2D eigenvalue weighted by Gasteiger charge is -2.33. The second kappa shape index (κ2) is 8.46. The van der Waals surface area contributed by atoms with Gasteiger partial charge in [-0.05, 0) is 68.1 Å². The molecule has 1 aliphatic carbocycles. The molecule has 2 N–H and O–H groups in total. The second-order valence-electron chi connectivity index (χ2n) is 7.56. The predicted octanol–water partition coefficient (Wildman–Crippen LogP) is 5.98. The molecule has 1 nitrogen and oxygen atoms in total. The third kappa shape index (κ3) is 6.11. The third-order valence-electron chi connectivity index (χ3n) is 4.89. The molecule has 0 aliphatic heterocycles. The van der Waals surface area contributed by atoms with E-state index in [-0.39, 0.29) is 0 Å². The van der Waals surface area contributed by atoms with Crippen molar-refractivity contribution in [3.8, 4) is 0 Å². The number of hydrogen-bond acceptors (Lipinski definition) is 1. The molecular weight excluding hydrogens is 254 g/mol. The summed E-state index contributed by atoms with van der Waals surface area (Å²) in [5.74, 6) is 1.27. The van der Waals surface area contributed by atoms with Crippen LogP contribution in [-0.2, 0) is 0 Å². The van der Waals surface area contributed by atoms with E-state index in [0.717, 1.165) is 0 Å². The summed E-state index contributed by atoms with van der Waals surface area (Å²) < 4.78 is 0. The molecule has 120 valence electrons. The molecule has 1 rings (SSSR count). The molecule has 0 spiro atoms. The van der Waals surface area contributed by atoms with E-state index in [2.05, 4.69) is 52.8 Å². The van der Waals surface area contributed by atoms with Gasteiger partial charge in [-0.3, -0.25) is 0 Å². The first-order chi connectivity index (χ1) is 9.86. The van der Waals surface area contributed by atoms with E-state index in [9.17, 15) is 0 Å². The van der Waals surface area contributed by atoms with Crippen molar-refractivity contribution in [3.63, 3.8) is 0 Å². The highest BCUT2D eigenvalue weighted by molar-refractivity contribution is 5.32. The molecule has 0 fully saturated rings. The zero-order valence-electron chi connectivity index (χ0n) is 14.8. The van der Waals surface area contributed by atoms with Crippen LogP contribution >= 0.6 is 0 Å². The Morgan fingerprint density at radius 3 is 2.33 bits per heavy atom. The maximum absolute atomic E-state index is 5.43. The molecule has 0 aromatic heterocycles. The minimum atomic E-state index is 0.360. The van der Waals surface area contributed by atoms with E-state index in [1.807, 2.05) is 0 Å². The Balaban J connectivity index is 2.48. The van der Waals surface area contributed by atoms with Crippen LogP contribution in [0.3, 0.4) is 0 Å². The molecule has 2 unspecified atom stereocenters. The van der Waals surface area contributed by atoms with Crippen LogP contribution in [0, 0.1) is 17.3 Å². The first kappa shape index (κ1) is 18.1. The van der Waals surface area contributed by atoms with Gasteiger partial charge in [-0.1, -0.05) is 57.9 Å². The molecule has 0 saturated heterocycles. The van der Waals surface area contributed by atoms with E-state index < -0.39 is 0 Å². The van der Waals surface area contributed by atoms with E-state index >= 15 is 0 Å². The Morgan fingerprint density at radius 2 is 1.76 bits per heavy atom.